The minimum Gasteiger partial charge on any atom is -0.383 e. The van der Waals surface area contributed by atoms with Crippen LogP contribution in [0.2, 0.25) is 0 Å². The first-order valence-corrected chi connectivity index (χ1v) is 8.87. The summed E-state index contributed by atoms with van der Waals surface area (Å²) < 4.78 is 19.1. The Labute approximate surface area is 151 Å². The molecule has 1 fully saturated rings. The third-order valence-electron chi connectivity index (χ3n) is 5.13. The second-order valence-corrected chi connectivity index (χ2v) is 6.76. The second kappa shape index (κ2) is 6.22. The number of anilines is 2. The standard InChI is InChI=1S/C18H20FN5S/c1-10-15(11-6-7-14(23-25)13(19)8-11)16-17(20)21-9-22-18(16)24(10)12-4-2-3-5-12/h6-9,12,23,25H,2-5H2,1H3,(H2,20,21,22). The van der Waals surface area contributed by atoms with Crippen molar-refractivity contribution in [2.45, 2.75) is 38.6 Å². The quantitative estimate of drug-likeness (QED) is 0.604. The van der Waals surface area contributed by atoms with Gasteiger partial charge in [-0.3, -0.25) is 0 Å². The van der Waals surface area contributed by atoms with Crippen LogP contribution >= 0.6 is 12.8 Å². The molecule has 25 heavy (non-hydrogen) atoms. The Bertz CT molecular complexity index is 946. The summed E-state index contributed by atoms with van der Waals surface area (Å²) in [5, 5.41) is 0.804. The highest BCUT2D eigenvalue weighted by molar-refractivity contribution is 7.81. The highest BCUT2D eigenvalue weighted by Gasteiger charge is 2.26. The SMILES string of the molecule is Cc1c(-c2ccc(NS)c(F)c2)c2c(N)ncnc2n1C1CCCC1. The Morgan fingerprint density at radius 3 is 2.72 bits per heavy atom. The van der Waals surface area contributed by atoms with Gasteiger partial charge in [0, 0.05) is 17.3 Å². The van der Waals surface area contributed by atoms with Crippen LogP contribution in [0.1, 0.15) is 37.4 Å². The topological polar surface area (TPSA) is 68.8 Å². The van der Waals surface area contributed by atoms with Crippen molar-refractivity contribution in [3.05, 3.63) is 36.0 Å². The molecule has 3 aromatic rings. The van der Waals surface area contributed by atoms with Gasteiger partial charge in [-0.05, 0) is 37.5 Å². The molecule has 2 heterocycles. The zero-order valence-electron chi connectivity index (χ0n) is 14.0. The van der Waals surface area contributed by atoms with Gasteiger partial charge in [-0.25, -0.2) is 14.4 Å². The number of nitrogens with zero attached hydrogens (tertiary/aromatic N) is 3. The summed E-state index contributed by atoms with van der Waals surface area (Å²) in [6.45, 7) is 2.05. The lowest BCUT2D eigenvalue weighted by molar-refractivity contribution is 0.522. The Kier molecular flexibility index (Phi) is 4.03. The van der Waals surface area contributed by atoms with Crippen LogP contribution in [0.3, 0.4) is 0 Å². The molecule has 0 aliphatic heterocycles. The summed E-state index contributed by atoms with van der Waals surface area (Å²) in [4.78, 5) is 8.67. The van der Waals surface area contributed by atoms with E-state index in [0.717, 1.165) is 40.7 Å². The fraction of sp³-hybridized carbons (Fsp3) is 0.333. The van der Waals surface area contributed by atoms with E-state index in [1.165, 1.54) is 25.2 Å². The number of aromatic nitrogens is 3. The smallest absolute Gasteiger partial charge is 0.147 e. The molecular formula is C18H20FN5S. The van der Waals surface area contributed by atoms with E-state index in [4.69, 9.17) is 5.73 Å². The maximum atomic E-state index is 14.3. The first-order valence-electron chi connectivity index (χ1n) is 8.42. The third kappa shape index (κ3) is 2.54. The van der Waals surface area contributed by atoms with Crippen LogP contribution < -0.4 is 10.5 Å². The van der Waals surface area contributed by atoms with Crippen molar-refractivity contribution in [2.24, 2.45) is 0 Å². The molecule has 0 saturated heterocycles. The van der Waals surface area contributed by atoms with Crippen molar-refractivity contribution in [1.82, 2.24) is 14.5 Å². The van der Waals surface area contributed by atoms with Crippen molar-refractivity contribution in [3.63, 3.8) is 0 Å². The predicted molar refractivity (Wildman–Crippen MR) is 102 cm³/mol. The molecule has 0 radical (unpaired) electrons. The van der Waals surface area contributed by atoms with Gasteiger partial charge in [0.2, 0.25) is 0 Å². The maximum Gasteiger partial charge on any atom is 0.147 e. The fourth-order valence-electron chi connectivity index (χ4n) is 4.00. The number of hydrogen-bond donors (Lipinski definition) is 3. The minimum atomic E-state index is -0.357. The molecule has 0 amide bonds. The molecule has 0 spiro atoms. The van der Waals surface area contributed by atoms with Crippen molar-refractivity contribution >= 4 is 35.4 Å². The van der Waals surface area contributed by atoms with Crippen molar-refractivity contribution in [2.75, 3.05) is 10.5 Å². The Hall–Kier alpha value is -2.28. The highest BCUT2D eigenvalue weighted by atomic mass is 32.1. The molecule has 0 unspecified atom stereocenters. The van der Waals surface area contributed by atoms with Crippen molar-refractivity contribution in [1.29, 1.82) is 0 Å². The molecule has 1 saturated carbocycles. The lowest BCUT2D eigenvalue weighted by atomic mass is 10.0. The van der Waals surface area contributed by atoms with Gasteiger partial charge in [-0.1, -0.05) is 31.7 Å². The largest absolute Gasteiger partial charge is 0.383 e. The molecule has 2 aromatic heterocycles. The van der Waals surface area contributed by atoms with Gasteiger partial charge in [-0.2, -0.15) is 0 Å². The molecule has 1 aliphatic carbocycles. The molecule has 3 N–H and O–H groups in total. The minimum absolute atomic E-state index is 0.341. The normalized spacial score (nSPS) is 15.2. The molecule has 0 atom stereocenters. The van der Waals surface area contributed by atoms with Gasteiger partial charge in [-0.15, -0.1) is 0 Å². The summed E-state index contributed by atoms with van der Waals surface area (Å²) in [6.07, 6.45) is 6.20. The van der Waals surface area contributed by atoms with Crippen LogP contribution in [0.5, 0.6) is 0 Å². The Morgan fingerprint density at radius 1 is 1.28 bits per heavy atom. The summed E-state index contributed by atoms with van der Waals surface area (Å²) in [7, 11) is 0. The summed E-state index contributed by atoms with van der Waals surface area (Å²) in [5.41, 5.74) is 10.1. The van der Waals surface area contributed by atoms with E-state index in [0.29, 0.717) is 17.5 Å². The number of halogens is 1. The molecule has 1 aromatic carbocycles. The second-order valence-electron chi connectivity index (χ2n) is 6.53. The number of thiol groups is 1. The van der Waals surface area contributed by atoms with E-state index in [9.17, 15) is 4.39 Å². The number of hydrogen-bond acceptors (Lipinski definition) is 5. The van der Waals surface area contributed by atoms with Crippen LogP contribution in [0.25, 0.3) is 22.2 Å². The lowest BCUT2D eigenvalue weighted by Crippen LogP contribution is -2.07. The number of benzene rings is 1. The van der Waals surface area contributed by atoms with Crippen LogP contribution in [0.15, 0.2) is 24.5 Å². The van der Waals surface area contributed by atoms with Crippen LogP contribution in [0, 0.1) is 12.7 Å². The number of nitrogens with two attached hydrogens (primary N) is 1. The average Bonchev–Trinajstić information content (AvgIpc) is 3.21. The molecule has 4 rings (SSSR count). The number of fused-ring (bicyclic) bond motifs is 1. The zero-order valence-corrected chi connectivity index (χ0v) is 14.9. The molecule has 0 bridgehead atoms. The Balaban J connectivity index is 2.00. The lowest BCUT2D eigenvalue weighted by Gasteiger charge is -2.15. The maximum absolute atomic E-state index is 14.3. The van der Waals surface area contributed by atoms with Crippen LogP contribution in [-0.4, -0.2) is 14.5 Å². The Morgan fingerprint density at radius 2 is 2.04 bits per heavy atom. The molecule has 5 nitrogen and oxygen atoms in total. The third-order valence-corrected chi connectivity index (χ3v) is 5.37. The van der Waals surface area contributed by atoms with E-state index in [-0.39, 0.29) is 5.82 Å². The van der Waals surface area contributed by atoms with Crippen molar-refractivity contribution in [3.8, 4) is 11.1 Å². The van der Waals surface area contributed by atoms with E-state index < -0.39 is 0 Å². The van der Waals surface area contributed by atoms with E-state index in [1.54, 1.807) is 6.07 Å². The highest BCUT2D eigenvalue weighted by Crippen LogP contribution is 2.42. The van der Waals surface area contributed by atoms with Gasteiger partial charge in [0.25, 0.3) is 0 Å². The predicted octanol–water partition coefficient (Wildman–Crippen LogP) is 4.50. The van der Waals surface area contributed by atoms with Crippen molar-refractivity contribution < 1.29 is 4.39 Å². The molecule has 130 valence electrons. The van der Waals surface area contributed by atoms with Gasteiger partial charge in [0.05, 0.1) is 11.1 Å². The van der Waals surface area contributed by atoms with Gasteiger partial charge in [0.15, 0.2) is 0 Å². The number of rotatable bonds is 3. The molecule has 1 aliphatic rings. The van der Waals surface area contributed by atoms with E-state index >= 15 is 0 Å². The first-order chi connectivity index (χ1) is 12.1. The monoisotopic (exact) mass is 357 g/mol. The van der Waals surface area contributed by atoms with Gasteiger partial charge in [0.1, 0.15) is 23.6 Å². The average molecular weight is 357 g/mol. The summed E-state index contributed by atoms with van der Waals surface area (Å²) >= 11 is 3.93. The molecular weight excluding hydrogens is 337 g/mol. The van der Waals surface area contributed by atoms with E-state index in [1.807, 2.05) is 6.07 Å². The first kappa shape index (κ1) is 16.2. The van der Waals surface area contributed by atoms with Gasteiger partial charge >= 0.3 is 0 Å². The summed E-state index contributed by atoms with van der Waals surface area (Å²) in [5.74, 6) is 0.0701. The number of nitrogens with one attached hydrogen (secondary N) is 1. The molecule has 7 heteroatoms. The number of nitrogen functional groups attached to an aromatic ring is 1. The summed E-state index contributed by atoms with van der Waals surface area (Å²) in [6, 6.07) is 5.46. The van der Waals surface area contributed by atoms with Crippen LogP contribution in [0.4, 0.5) is 15.9 Å². The van der Waals surface area contributed by atoms with Crippen LogP contribution in [-0.2, 0) is 0 Å². The van der Waals surface area contributed by atoms with Gasteiger partial charge < -0.3 is 15.0 Å². The van der Waals surface area contributed by atoms with E-state index in [2.05, 4.69) is 39.0 Å². The zero-order chi connectivity index (χ0) is 17.6. The fourth-order valence-corrected chi connectivity index (χ4v) is 4.18.